The summed E-state index contributed by atoms with van der Waals surface area (Å²) in [6, 6.07) is 9.92. The maximum Gasteiger partial charge on any atom is 0.295 e. The SMILES string of the molecule is O=C1C(=O)N(CCCN2CCOCC2)[C@H](c2cccnc2)/C1=C(\O)c1ccc(Br)cc1. The van der Waals surface area contributed by atoms with Crippen LogP contribution in [0.15, 0.2) is 58.8 Å². The molecule has 8 heteroatoms. The molecule has 1 aromatic carbocycles. The molecule has 4 rings (SSSR count). The fourth-order valence-electron chi connectivity index (χ4n) is 4.05. The number of hydrogen-bond acceptors (Lipinski definition) is 6. The number of morpholine rings is 1. The number of ether oxygens (including phenoxy) is 1. The Bertz CT molecular complexity index is 972. The summed E-state index contributed by atoms with van der Waals surface area (Å²) in [6.07, 6.45) is 4.01. The lowest BCUT2D eigenvalue weighted by Gasteiger charge is -2.29. The molecule has 2 aliphatic rings. The largest absolute Gasteiger partial charge is 0.507 e. The smallest absolute Gasteiger partial charge is 0.295 e. The Labute approximate surface area is 189 Å². The van der Waals surface area contributed by atoms with Gasteiger partial charge in [0.25, 0.3) is 11.7 Å². The number of Topliss-reactive ketones (excluding diaryl/α,β-unsaturated/α-hetero) is 1. The highest BCUT2D eigenvalue weighted by atomic mass is 79.9. The van der Waals surface area contributed by atoms with E-state index in [-0.39, 0.29) is 11.3 Å². The van der Waals surface area contributed by atoms with Gasteiger partial charge in [0.15, 0.2) is 0 Å². The van der Waals surface area contributed by atoms with E-state index in [4.69, 9.17) is 4.74 Å². The zero-order valence-corrected chi connectivity index (χ0v) is 18.6. The van der Waals surface area contributed by atoms with Crippen molar-refractivity contribution in [2.75, 3.05) is 39.4 Å². The van der Waals surface area contributed by atoms with Crippen molar-refractivity contribution in [2.45, 2.75) is 12.5 Å². The van der Waals surface area contributed by atoms with Gasteiger partial charge < -0.3 is 14.7 Å². The molecule has 0 radical (unpaired) electrons. The molecule has 2 aliphatic heterocycles. The predicted octanol–water partition coefficient (Wildman–Crippen LogP) is 2.99. The number of rotatable bonds is 6. The van der Waals surface area contributed by atoms with Crippen LogP contribution in [0, 0.1) is 0 Å². The molecule has 1 atom stereocenters. The lowest BCUT2D eigenvalue weighted by Crippen LogP contribution is -2.39. The van der Waals surface area contributed by atoms with E-state index < -0.39 is 17.7 Å². The highest BCUT2D eigenvalue weighted by Crippen LogP contribution is 2.39. The number of hydrogen-bond donors (Lipinski definition) is 1. The van der Waals surface area contributed by atoms with Gasteiger partial charge in [0, 0.05) is 48.6 Å². The number of ketones is 1. The Morgan fingerprint density at radius 1 is 1.13 bits per heavy atom. The number of aromatic nitrogens is 1. The van der Waals surface area contributed by atoms with Crippen LogP contribution in [0.2, 0.25) is 0 Å². The van der Waals surface area contributed by atoms with E-state index in [1.54, 1.807) is 47.6 Å². The van der Waals surface area contributed by atoms with Crippen LogP contribution in [-0.2, 0) is 14.3 Å². The number of likely N-dealkylation sites (tertiary alicyclic amines) is 1. The Morgan fingerprint density at radius 2 is 1.87 bits per heavy atom. The van der Waals surface area contributed by atoms with Crippen LogP contribution >= 0.6 is 15.9 Å². The van der Waals surface area contributed by atoms with Gasteiger partial charge in [-0.1, -0.05) is 34.1 Å². The molecule has 0 unspecified atom stereocenters. The van der Waals surface area contributed by atoms with Gasteiger partial charge in [-0.05, 0) is 30.2 Å². The van der Waals surface area contributed by atoms with Crippen molar-refractivity contribution >= 4 is 33.4 Å². The third-order valence-corrected chi connectivity index (χ3v) is 6.16. The molecule has 0 saturated carbocycles. The van der Waals surface area contributed by atoms with Crippen LogP contribution in [0.4, 0.5) is 0 Å². The Kier molecular flexibility index (Phi) is 6.80. The summed E-state index contributed by atoms with van der Waals surface area (Å²) < 4.78 is 6.24. The first-order chi connectivity index (χ1) is 15.1. The fourth-order valence-corrected chi connectivity index (χ4v) is 4.31. The van der Waals surface area contributed by atoms with E-state index in [2.05, 4.69) is 25.8 Å². The zero-order chi connectivity index (χ0) is 21.8. The number of nitrogens with zero attached hydrogens (tertiary/aromatic N) is 3. The molecule has 31 heavy (non-hydrogen) atoms. The molecule has 2 aromatic rings. The molecule has 162 valence electrons. The van der Waals surface area contributed by atoms with Crippen molar-refractivity contribution in [1.82, 2.24) is 14.8 Å². The fraction of sp³-hybridized carbons (Fsp3) is 0.348. The third-order valence-electron chi connectivity index (χ3n) is 5.63. The molecular weight excluding hydrogens is 462 g/mol. The van der Waals surface area contributed by atoms with Crippen molar-refractivity contribution < 1.29 is 19.4 Å². The van der Waals surface area contributed by atoms with Crippen LogP contribution in [0.5, 0.6) is 0 Å². The summed E-state index contributed by atoms with van der Waals surface area (Å²) in [4.78, 5) is 33.9. The molecule has 0 spiro atoms. The van der Waals surface area contributed by atoms with E-state index in [1.807, 2.05) is 6.07 Å². The maximum atomic E-state index is 13.0. The molecule has 2 saturated heterocycles. The highest BCUT2D eigenvalue weighted by molar-refractivity contribution is 9.10. The number of benzene rings is 1. The first-order valence-corrected chi connectivity index (χ1v) is 11.1. The number of carbonyl (C=O) groups is 2. The lowest BCUT2D eigenvalue weighted by atomic mass is 9.96. The van der Waals surface area contributed by atoms with Crippen molar-refractivity contribution in [3.63, 3.8) is 0 Å². The van der Waals surface area contributed by atoms with Crippen molar-refractivity contribution in [3.8, 4) is 0 Å². The summed E-state index contributed by atoms with van der Waals surface area (Å²) in [5.41, 5.74) is 1.29. The van der Waals surface area contributed by atoms with Crippen LogP contribution in [0.1, 0.15) is 23.6 Å². The van der Waals surface area contributed by atoms with E-state index in [0.29, 0.717) is 30.9 Å². The van der Waals surface area contributed by atoms with Crippen LogP contribution < -0.4 is 0 Å². The second kappa shape index (κ2) is 9.72. The van der Waals surface area contributed by atoms with Gasteiger partial charge in [-0.25, -0.2) is 0 Å². The predicted molar refractivity (Wildman–Crippen MR) is 119 cm³/mol. The first-order valence-electron chi connectivity index (χ1n) is 10.3. The Balaban J connectivity index is 1.64. The number of carbonyl (C=O) groups excluding carboxylic acids is 2. The van der Waals surface area contributed by atoms with Gasteiger partial charge in [-0.3, -0.25) is 19.5 Å². The maximum absolute atomic E-state index is 13.0. The summed E-state index contributed by atoms with van der Waals surface area (Å²) >= 11 is 3.37. The van der Waals surface area contributed by atoms with Crippen molar-refractivity contribution in [2.24, 2.45) is 0 Å². The molecule has 1 N–H and O–H groups in total. The topological polar surface area (TPSA) is 83.0 Å². The zero-order valence-electron chi connectivity index (χ0n) is 17.0. The van der Waals surface area contributed by atoms with Crippen LogP contribution in [0.3, 0.4) is 0 Å². The minimum absolute atomic E-state index is 0.103. The van der Waals surface area contributed by atoms with Gasteiger partial charge in [0.2, 0.25) is 0 Å². The van der Waals surface area contributed by atoms with Gasteiger partial charge >= 0.3 is 0 Å². The molecule has 0 aliphatic carbocycles. The number of pyridine rings is 1. The van der Waals surface area contributed by atoms with Crippen LogP contribution in [-0.4, -0.2) is 71.0 Å². The Hall–Kier alpha value is -2.55. The molecule has 3 heterocycles. The second-order valence-electron chi connectivity index (χ2n) is 7.59. The van der Waals surface area contributed by atoms with Gasteiger partial charge in [-0.2, -0.15) is 0 Å². The first kappa shape index (κ1) is 21.7. The third kappa shape index (κ3) is 4.71. The molecule has 1 amide bonds. The average molecular weight is 486 g/mol. The normalized spacial score (nSPS) is 21.6. The Morgan fingerprint density at radius 3 is 2.55 bits per heavy atom. The minimum atomic E-state index is -0.666. The monoisotopic (exact) mass is 485 g/mol. The summed E-state index contributed by atoms with van der Waals surface area (Å²) in [5, 5.41) is 11.0. The second-order valence-corrected chi connectivity index (χ2v) is 8.51. The standard InChI is InChI=1S/C23H24BrN3O4/c24-18-6-4-16(5-7-18)21(28)19-20(17-3-1-8-25-15-17)27(23(30)22(19)29)10-2-9-26-11-13-31-14-12-26/h1,3-8,15,20,28H,2,9-14H2/b21-19+/t20-/m1/s1. The minimum Gasteiger partial charge on any atom is -0.507 e. The number of halogens is 1. The molecule has 2 fully saturated rings. The van der Waals surface area contributed by atoms with E-state index in [1.165, 1.54) is 0 Å². The summed E-state index contributed by atoms with van der Waals surface area (Å²) in [7, 11) is 0. The molecule has 7 nitrogen and oxygen atoms in total. The molecule has 0 bridgehead atoms. The number of amides is 1. The average Bonchev–Trinajstić information content (AvgIpc) is 3.05. The lowest BCUT2D eigenvalue weighted by molar-refractivity contribution is -0.140. The van der Waals surface area contributed by atoms with E-state index in [9.17, 15) is 14.7 Å². The molecule has 1 aromatic heterocycles. The van der Waals surface area contributed by atoms with E-state index in [0.717, 1.165) is 30.5 Å². The number of aliphatic hydroxyl groups is 1. The van der Waals surface area contributed by atoms with E-state index >= 15 is 0 Å². The number of aliphatic hydroxyl groups excluding tert-OH is 1. The van der Waals surface area contributed by atoms with Crippen molar-refractivity contribution in [1.29, 1.82) is 0 Å². The summed E-state index contributed by atoms with van der Waals surface area (Å²) in [6.45, 7) is 4.40. The highest BCUT2D eigenvalue weighted by Gasteiger charge is 2.45. The van der Waals surface area contributed by atoms with Gasteiger partial charge in [0.05, 0.1) is 24.8 Å². The van der Waals surface area contributed by atoms with Crippen molar-refractivity contribution in [3.05, 3.63) is 70.0 Å². The van der Waals surface area contributed by atoms with Gasteiger partial charge in [-0.15, -0.1) is 0 Å². The quantitative estimate of drug-likeness (QED) is 0.384. The molecular formula is C23H24BrN3O4. The van der Waals surface area contributed by atoms with Gasteiger partial charge in [0.1, 0.15) is 5.76 Å². The summed E-state index contributed by atoms with van der Waals surface area (Å²) in [5.74, 6) is -1.43. The van der Waals surface area contributed by atoms with Crippen LogP contribution in [0.25, 0.3) is 5.76 Å².